The van der Waals surface area contributed by atoms with Crippen molar-refractivity contribution in [2.75, 3.05) is 0 Å². The molecule has 0 atom stereocenters. The molecule has 0 amide bonds. The minimum Gasteiger partial charge on any atom is -0.0811 e. The lowest BCUT2D eigenvalue weighted by Gasteiger charge is -1.94. The number of unbranched alkanes of at least 4 members (excludes halogenated alkanes) is 1. The molecule has 0 aromatic carbocycles. The molecule has 0 saturated carbocycles. The molecule has 0 spiro atoms. The van der Waals surface area contributed by atoms with Gasteiger partial charge in [-0.3, -0.25) is 0 Å². The maximum atomic E-state index is 3.26. The molecule has 0 N–H and O–H groups in total. The van der Waals surface area contributed by atoms with Crippen molar-refractivity contribution in [1.82, 2.24) is 0 Å². The molecule has 53 valence electrons. The molecule has 0 aromatic rings. The molecule has 0 saturated heterocycles. The summed E-state index contributed by atoms with van der Waals surface area (Å²) in [6.45, 7) is 6.62. The molecule has 0 aliphatic heterocycles. The normalized spacial score (nSPS) is 11.6. The summed E-state index contributed by atoms with van der Waals surface area (Å²) in [5.74, 6) is 0.762. The van der Waals surface area contributed by atoms with Crippen LogP contribution in [-0.2, 0) is 0 Å². The van der Waals surface area contributed by atoms with Crippen molar-refractivity contribution < 1.29 is 0 Å². The zero-order valence-corrected chi connectivity index (χ0v) is 6.78. The molecular formula is C9H17. The molecule has 0 rings (SSSR count). The minimum absolute atomic E-state index is 0.762. The van der Waals surface area contributed by atoms with Crippen LogP contribution in [0.2, 0.25) is 0 Å². The molecule has 0 heterocycles. The van der Waals surface area contributed by atoms with Crippen molar-refractivity contribution >= 4 is 0 Å². The summed E-state index contributed by atoms with van der Waals surface area (Å²) in [5, 5.41) is 0. The van der Waals surface area contributed by atoms with Gasteiger partial charge in [-0.15, -0.1) is 0 Å². The highest BCUT2D eigenvalue weighted by Crippen LogP contribution is 1.99. The van der Waals surface area contributed by atoms with E-state index in [2.05, 4.69) is 32.9 Å². The average molecular weight is 125 g/mol. The number of hydrogen-bond acceptors (Lipinski definition) is 0. The predicted octanol–water partition coefficient (Wildman–Crippen LogP) is 3.19. The number of rotatable bonds is 4. The second-order valence-corrected chi connectivity index (χ2v) is 2.79. The van der Waals surface area contributed by atoms with Gasteiger partial charge in [0, 0.05) is 0 Å². The Balaban J connectivity index is 3.04. The third-order valence-corrected chi connectivity index (χ3v) is 1.10. The Hall–Kier alpha value is -0.260. The molecule has 0 unspecified atom stereocenters. The van der Waals surface area contributed by atoms with Gasteiger partial charge in [0.2, 0.25) is 0 Å². The summed E-state index contributed by atoms with van der Waals surface area (Å²) in [6.07, 6.45) is 8.95. The maximum absolute atomic E-state index is 3.26. The van der Waals surface area contributed by atoms with Gasteiger partial charge in [0.15, 0.2) is 0 Å². The van der Waals surface area contributed by atoms with Crippen LogP contribution in [-0.4, -0.2) is 0 Å². The molecule has 0 aromatic heterocycles. The summed E-state index contributed by atoms with van der Waals surface area (Å²) >= 11 is 0. The largest absolute Gasteiger partial charge is 0.0811 e. The lowest BCUT2D eigenvalue weighted by molar-refractivity contribution is 0.652. The van der Waals surface area contributed by atoms with Gasteiger partial charge in [-0.1, -0.05) is 33.3 Å². The van der Waals surface area contributed by atoms with Crippen LogP contribution in [0.3, 0.4) is 0 Å². The van der Waals surface area contributed by atoms with Crippen LogP contribution in [0.1, 0.15) is 40.0 Å². The highest BCUT2D eigenvalue weighted by atomic mass is 13.9. The van der Waals surface area contributed by atoms with Crippen molar-refractivity contribution in [3.63, 3.8) is 0 Å². The summed E-state index contributed by atoms with van der Waals surface area (Å²) in [7, 11) is 0. The monoisotopic (exact) mass is 125 g/mol. The average Bonchev–Trinajstić information content (AvgIpc) is 1.80. The van der Waals surface area contributed by atoms with E-state index in [1.807, 2.05) is 0 Å². The summed E-state index contributed by atoms with van der Waals surface area (Å²) < 4.78 is 0. The van der Waals surface area contributed by atoms with Crippen LogP contribution >= 0.6 is 0 Å². The van der Waals surface area contributed by atoms with Crippen molar-refractivity contribution in [3.8, 4) is 0 Å². The first kappa shape index (κ1) is 8.74. The van der Waals surface area contributed by atoms with Crippen molar-refractivity contribution in [1.29, 1.82) is 0 Å². The van der Waals surface area contributed by atoms with E-state index in [1.165, 1.54) is 12.8 Å². The fourth-order valence-electron chi connectivity index (χ4n) is 0.565. The number of hydrogen-bond donors (Lipinski definition) is 0. The fraction of sp³-hybridized carbons (Fsp3) is 0.778. The SMILES string of the molecule is CCCC=[C]CC(C)C. The summed E-state index contributed by atoms with van der Waals surface area (Å²) in [4.78, 5) is 0. The quantitative estimate of drug-likeness (QED) is 0.541. The standard InChI is InChI=1S/C9H17/c1-4-5-6-7-8-9(2)3/h6,9H,4-5,8H2,1-3H3. The predicted molar refractivity (Wildman–Crippen MR) is 42.2 cm³/mol. The van der Waals surface area contributed by atoms with E-state index in [1.54, 1.807) is 0 Å². The molecular weight excluding hydrogens is 108 g/mol. The van der Waals surface area contributed by atoms with Crippen LogP contribution in [0.15, 0.2) is 6.08 Å². The first-order valence-electron chi connectivity index (χ1n) is 3.82. The Morgan fingerprint density at radius 1 is 1.44 bits per heavy atom. The Morgan fingerprint density at radius 2 is 2.11 bits per heavy atom. The highest BCUT2D eigenvalue weighted by molar-refractivity contribution is 4.73. The van der Waals surface area contributed by atoms with Crippen molar-refractivity contribution in [2.45, 2.75) is 40.0 Å². The first-order chi connectivity index (χ1) is 4.27. The van der Waals surface area contributed by atoms with E-state index < -0.39 is 0 Å². The third-order valence-electron chi connectivity index (χ3n) is 1.10. The van der Waals surface area contributed by atoms with Gasteiger partial charge in [-0.2, -0.15) is 0 Å². The van der Waals surface area contributed by atoms with E-state index in [0.717, 1.165) is 12.3 Å². The van der Waals surface area contributed by atoms with Gasteiger partial charge < -0.3 is 0 Å². The molecule has 0 bridgehead atoms. The zero-order chi connectivity index (χ0) is 7.11. The summed E-state index contributed by atoms with van der Waals surface area (Å²) in [5.41, 5.74) is 0. The van der Waals surface area contributed by atoms with E-state index in [4.69, 9.17) is 0 Å². The lowest BCUT2D eigenvalue weighted by atomic mass is 10.1. The fourth-order valence-corrected chi connectivity index (χ4v) is 0.565. The van der Waals surface area contributed by atoms with E-state index in [-0.39, 0.29) is 0 Å². The van der Waals surface area contributed by atoms with Crippen LogP contribution in [0, 0.1) is 12.0 Å². The molecule has 1 radical (unpaired) electrons. The first-order valence-corrected chi connectivity index (χ1v) is 3.82. The van der Waals surface area contributed by atoms with Crippen LogP contribution in [0.4, 0.5) is 0 Å². The summed E-state index contributed by atoms with van der Waals surface area (Å²) in [6, 6.07) is 0. The minimum atomic E-state index is 0.762. The molecule has 9 heavy (non-hydrogen) atoms. The topological polar surface area (TPSA) is 0 Å². The Morgan fingerprint density at radius 3 is 2.56 bits per heavy atom. The zero-order valence-electron chi connectivity index (χ0n) is 6.78. The van der Waals surface area contributed by atoms with E-state index in [0.29, 0.717) is 0 Å². The van der Waals surface area contributed by atoms with Crippen molar-refractivity contribution in [3.05, 3.63) is 12.2 Å². The Bertz CT molecular complexity index is 70.1. The van der Waals surface area contributed by atoms with E-state index >= 15 is 0 Å². The maximum Gasteiger partial charge on any atom is -0.0256 e. The van der Waals surface area contributed by atoms with Gasteiger partial charge in [0.05, 0.1) is 0 Å². The second kappa shape index (κ2) is 5.87. The molecule has 0 aliphatic rings. The van der Waals surface area contributed by atoms with Gasteiger partial charge in [0.25, 0.3) is 0 Å². The Kier molecular flexibility index (Phi) is 5.70. The van der Waals surface area contributed by atoms with Crippen LogP contribution in [0.25, 0.3) is 0 Å². The molecule has 0 aliphatic carbocycles. The second-order valence-electron chi connectivity index (χ2n) is 2.79. The van der Waals surface area contributed by atoms with Gasteiger partial charge in [-0.05, 0) is 24.8 Å². The van der Waals surface area contributed by atoms with Gasteiger partial charge >= 0.3 is 0 Å². The number of allylic oxidation sites excluding steroid dienone is 2. The van der Waals surface area contributed by atoms with Crippen LogP contribution < -0.4 is 0 Å². The van der Waals surface area contributed by atoms with Crippen LogP contribution in [0.5, 0.6) is 0 Å². The van der Waals surface area contributed by atoms with Crippen molar-refractivity contribution in [2.24, 2.45) is 5.92 Å². The van der Waals surface area contributed by atoms with E-state index in [9.17, 15) is 0 Å². The molecule has 0 nitrogen and oxygen atoms in total. The smallest absolute Gasteiger partial charge is 0.0256 e. The highest BCUT2D eigenvalue weighted by Gasteiger charge is 1.85. The third kappa shape index (κ3) is 7.74. The molecule has 0 fully saturated rings. The lowest BCUT2D eigenvalue weighted by Crippen LogP contribution is -1.81. The molecule has 0 heteroatoms. The van der Waals surface area contributed by atoms with Gasteiger partial charge in [-0.25, -0.2) is 0 Å². The van der Waals surface area contributed by atoms with Gasteiger partial charge in [0.1, 0.15) is 0 Å². The Labute approximate surface area is 59.0 Å².